The van der Waals surface area contributed by atoms with Gasteiger partial charge in [0, 0.05) is 39.8 Å². The SMILES string of the molecule is CCNC(=NCc1cccc(S(=O)(=O)N2CCCCC2)c1)N(C)CCOCC1CC1.I. The predicted octanol–water partition coefficient (Wildman–Crippen LogP) is 3.30. The van der Waals surface area contributed by atoms with Crippen molar-refractivity contribution >= 4 is 40.0 Å². The van der Waals surface area contributed by atoms with E-state index in [9.17, 15) is 8.42 Å². The number of piperidine rings is 1. The van der Waals surface area contributed by atoms with Gasteiger partial charge in [0.1, 0.15) is 0 Å². The first-order valence-corrected chi connectivity index (χ1v) is 12.6. The maximum absolute atomic E-state index is 12.9. The quantitative estimate of drug-likeness (QED) is 0.204. The number of sulfonamides is 1. The Hall–Kier alpha value is -0.910. The van der Waals surface area contributed by atoms with Gasteiger partial charge in [-0.2, -0.15) is 4.31 Å². The van der Waals surface area contributed by atoms with E-state index in [1.165, 1.54) is 12.8 Å². The van der Waals surface area contributed by atoms with E-state index in [-0.39, 0.29) is 24.0 Å². The zero-order valence-electron chi connectivity index (χ0n) is 18.8. The molecule has 1 saturated heterocycles. The summed E-state index contributed by atoms with van der Waals surface area (Å²) >= 11 is 0. The van der Waals surface area contributed by atoms with Crippen molar-refractivity contribution in [3.05, 3.63) is 29.8 Å². The van der Waals surface area contributed by atoms with Crippen LogP contribution in [-0.2, 0) is 21.3 Å². The van der Waals surface area contributed by atoms with E-state index >= 15 is 0 Å². The molecule has 1 aromatic rings. The molecule has 1 aromatic carbocycles. The lowest BCUT2D eigenvalue weighted by molar-refractivity contribution is 0.115. The third-order valence-corrected chi connectivity index (χ3v) is 7.48. The van der Waals surface area contributed by atoms with E-state index < -0.39 is 10.0 Å². The summed E-state index contributed by atoms with van der Waals surface area (Å²) in [6.07, 6.45) is 5.57. The number of nitrogens with zero attached hydrogens (tertiary/aromatic N) is 3. The first-order valence-electron chi connectivity index (χ1n) is 11.2. The fourth-order valence-electron chi connectivity index (χ4n) is 3.54. The normalized spacial score (nSPS) is 17.8. The van der Waals surface area contributed by atoms with Crippen LogP contribution in [0.2, 0.25) is 0 Å². The molecule has 1 saturated carbocycles. The molecule has 0 radical (unpaired) electrons. The fraction of sp³-hybridized carbons (Fsp3) is 0.682. The highest BCUT2D eigenvalue weighted by atomic mass is 127. The molecule has 0 amide bonds. The van der Waals surface area contributed by atoms with Gasteiger partial charge in [0.15, 0.2) is 5.96 Å². The number of nitrogens with one attached hydrogen (secondary N) is 1. The Bertz CT molecular complexity index is 809. The molecule has 1 heterocycles. The molecule has 3 rings (SSSR count). The number of rotatable bonds is 10. The standard InChI is InChI=1S/C22H36N4O3S.HI/c1-3-23-22(25(2)14-15-29-18-19-10-11-19)24-17-20-8-7-9-21(16-20)30(27,28)26-12-5-4-6-13-26;/h7-9,16,19H,3-6,10-15,17-18H2,1-2H3,(H,23,24);1H. The number of ether oxygens (including phenoxy) is 1. The van der Waals surface area contributed by atoms with Gasteiger partial charge in [0.25, 0.3) is 0 Å². The zero-order chi connectivity index (χ0) is 21.4. The second kappa shape index (κ2) is 13.0. The first-order chi connectivity index (χ1) is 14.5. The van der Waals surface area contributed by atoms with Crippen LogP contribution in [0, 0.1) is 5.92 Å². The zero-order valence-corrected chi connectivity index (χ0v) is 21.9. The highest BCUT2D eigenvalue weighted by molar-refractivity contribution is 14.0. The van der Waals surface area contributed by atoms with Crippen molar-refractivity contribution in [2.24, 2.45) is 10.9 Å². The van der Waals surface area contributed by atoms with Crippen molar-refractivity contribution in [1.82, 2.24) is 14.5 Å². The van der Waals surface area contributed by atoms with Crippen molar-refractivity contribution in [2.75, 3.05) is 46.4 Å². The average molecular weight is 565 g/mol. The summed E-state index contributed by atoms with van der Waals surface area (Å²) in [6, 6.07) is 7.19. The monoisotopic (exact) mass is 564 g/mol. The molecule has 176 valence electrons. The van der Waals surface area contributed by atoms with E-state index in [2.05, 4.69) is 10.2 Å². The van der Waals surface area contributed by atoms with Crippen LogP contribution >= 0.6 is 24.0 Å². The Morgan fingerprint density at radius 3 is 2.68 bits per heavy atom. The lowest BCUT2D eigenvalue weighted by Crippen LogP contribution is -2.40. The van der Waals surface area contributed by atoms with E-state index in [1.54, 1.807) is 16.4 Å². The van der Waals surface area contributed by atoms with Gasteiger partial charge in [-0.3, -0.25) is 0 Å². The predicted molar refractivity (Wildman–Crippen MR) is 135 cm³/mol. The van der Waals surface area contributed by atoms with Crippen molar-refractivity contribution in [3.8, 4) is 0 Å². The van der Waals surface area contributed by atoms with Gasteiger partial charge in [0.2, 0.25) is 10.0 Å². The van der Waals surface area contributed by atoms with Crippen LogP contribution in [-0.4, -0.2) is 70.0 Å². The summed E-state index contributed by atoms with van der Waals surface area (Å²) in [6.45, 7) is 6.78. The summed E-state index contributed by atoms with van der Waals surface area (Å²) in [5, 5.41) is 3.31. The van der Waals surface area contributed by atoms with Crippen LogP contribution in [0.15, 0.2) is 34.2 Å². The van der Waals surface area contributed by atoms with Crippen LogP contribution in [0.4, 0.5) is 0 Å². The topological polar surface area (TPSA) is 74.2 Å². The molecule has 2 aliphatic rings. The summed E-state index contributed by atoms with van der Waals surface area (Å²) in [5.41, 5.74) is 0.891. The van der Waals surface area contributed by atoms with Crippen molar-refractivity contribution in [3.63, 3.8) is 0 Å². The summed E-state index contributed by atoms with van der Waals surface area (Å²) < 4.78 is 33.2. The number of benzene rings is 1. The van der Waals surface area contributed by atoms with Gasteiger partial charge in [-0.05, 0) is 56.2 Å². The molecular formula is C22H37IN4O3S. The number of guanidine groups is 1. The van der Waals surface area contributed by atoms with Crippen molar-refractivity contribution in [1.29, 1.82) is 0 Å². The van der Waals surface area contributed by atoms with Crippen molar-refractivity contribution in [2.45, 2.75) is 50.5 Å². The van der Waals surface area contributed by atoms with Crippen LogP contribution < -0.4 is 5.32 Å². The Morgan fingerprint density at radius 1 is 1.26 bits per heavy atom. The highest BCUT2D eigenvalue weighted by Gasteiger charge is 2.26. The van der Waals surface area contributed by atoms with E-state index in [0.29, 0.717) is 31.1 Å². The smallest absolute Gasteiger partial charge is 0.243 e. The van der Waals surface area contributed by atoms with Gasteiger partial charge in [-0.15, -0.1) is 24.0 Å². The molecule has 0 atom stereocenters. The van der Waals surface area contributed by atoms with E-state index in [4.69, 9.17) is 9.73 Å². The van der Waals surface area contributed by atoms with Gasteiger partial charge >= 0.3 is 0 Å². The number of halogens is 1. The maximum Gasteiger partial charge on any atom is 0.243 e. The highest BCUT2D eigenvalue weighted by Crippen LogP contribution is 2.28. The van der Waals surface area contributed by atoms with Gasteiger partial charge in [-0.1, -0.05) is 18.6 Å². The molecule has 0 spiro atoms. The first kappa shape index (κ1) is 26.3. The second-order valence-corrected chi connectivity index (χ2v) is 10.2. The molecular weight excluding hydrogens is 527 g/mol. The second-order valence-electron chi connectivity index (χ2n) is 8.22. The molecule has 7 nitrogen and oxygen atoms in total. The summed E-state index contributed by atoms with van der Waals surface area (Å²) in [4.78, 5) is 7.14. The molecule has 1 aliphatic heterocycles. The Kier molecular flexibility index (Phi) is 11.0. The number of hydrogen-bond acceptors (Lipinski definition) is 4. The fourth-order valence-corrected chi connectivity index (χ4v) is 5.12. The molecule has 0 bridgehead atoms. The number of likely N-dealkylation sites (N-methyl/N-ethyl adjacent to an activating group) is 1. The Labute approximate surface area is 204 Å². The Morgan fingerprint density at radius 2 is 2.00 bits per heavy atom. The molecule has 0 aromatic heterocycles. The molecule has 31 heavy (non-hydrogen) atoms. The molecule has 0 unspecified atom stereocenters. The van der Waals surface area contributed by atoms with Gasteiger partial charge in [0.05, 0.1) is 18.0 Å². The number of hydrogen-bond donors (Lipinski definition) is 1. The van der Waals surface area contributed by atoms with Gasteiger partial charge in [-0.25, -0.2) is 13.4 Å². The molecule has 9 heteroatoms. The summed E-state index contributed by atoms with van der Waals surface area (Å²) in [5.74, 6) is 1.57. The third-order valence-electron chi connectivity index (χ3n) is 5.58. The van der Waals surface area contributed by atoms with Crippen molar-refractivity contribution < 1.29 is 13.2 Å². The maximum atomic E-state index is 12.9. The lowest BCUT2D eigenvalue weighted by atomic mass is 10.2. The lowest BCUT2D eigenvalue weighted by Gasteiger charge is -2.26. The van der Waals surface area contributed by atoms with Crippen LogP contribution in [0.1, 0.15) is 44.6 Å². The van der Waals surface area contributed by atoms with Gasteiger partial charge < -0.3 is 15.0 Å². The minimum absolute atomic E-state index is 0. The third kappa shape index (κ3) is 8.18. The largest absolute Gasteiger partial charge is 0.379 e. The van der Waals surface area contributed by atoms with Crippen LogP contribution in [0.5, 0.6) is 0 Å². The van der Waals surface area contributed by atoms with E-state index in [1.807, 2.05) is 26.1 Å². The molecule has 2 fully saturated rings. The van der Waals surface area contributed by atoms with Crippen LogP contribution in [0.3, 0.4) is 0 Å². The molecule has 1 aliphatic carbocycles. The Balaban J connectivity index is 0.00000341. The number of aliphatic imine (C=N–C) groups is 1. The minimum Gasteiger partial charge on any atom is -0.379 e. The minimum atomic E-state index is -3.42. The van der Waals surface area contributed by atoms with E-state index in [0.717, 1.165) is 56.4 Å². The summed E-state index contributed by atoms with van der Waals surface area (Å²) in [7, 11) is -1.43. The van der Waals surface area contributed by atoms with Crippen LogP contribution in [0.25, 0.3) is 0 Å². The average Bonchev–Trinajstić information content (AvgIpc) is 3.59. The molecule has 1 N–H and O–H groups in total.